The fraction of sp³-hybridized carbons (Fsp3) is 0.767. The molecule has 6 rings (SSSR count). The number of urea groups is 1. The molecule has 2 saturated carbocycles. The Morgan fingerprint density at radius 1 is 0.825 bits per heavy atom. The first kappa shape index (κ1) is 28.9. The van der Waals surface area contributed by atoms with E-state index in [1.165, 1.54) is 88.7 Å². The van der Waals surface area contributed by atoms with Gasteiger partial charge in [0.2, 0.25) is 5.95 Å². The molecule has 4 heterocycles. The second kappa shape index (κ2) is 14.3. The zero-order chi connectivity index (χ0) is 27.7. The van der Waals surface area contributed by atoms with Gasteiger partial charge >= 0.3 is 6.03 Å². The Kier molecular flexibility index (Phi) is 10.4. The van der Waals surface area contributed by atoms with E-state index in [1.54, 1.807) is 0 Å². The lowest BCUT2D eigenvalue weighted by molar-refractivity contribution is 0.168. The van der Waals surface area contributed by atoms with E-state index in [9.17, 15) is 4.79 Å². The van der Waals surface area contributed by atoms with Gasteiger partial charge in [-0.2, -0.15) is 0 Å². The molecule has 0 spiro atoms. The number of carbonyl (C=O) groups excluding carboxylic acids is 1. The van der Waals surface area contributed by atoms with Gasteiger partial charge in [-0.25, -0.2) is 14.8 Å². The molecule has 4 N–H and O–H groups in total. The number of nitrogens with zero attached hydrogens (tertiary/aromatic N) is 6. The maximum absolute atomic E-state index is 11.8. The highest BCUT2D eigenvalue weighted by Crippen LogP contribution is 2.27. The average Bonchev–Trinajstić information content (AvgIpc) is 3.55. The Balaban J connectivity index is 0.000000168. The summed E-state index contributed by atoms with van der Waals surface area (Å²) in [6.07, 6.45) is 18.9. The first-order valence-electron chi connectivity index (χ1n) is 15.9. The molecule has 2 aliphatic heterocycles. The molecule has 0 bridgehead atoms. The van der Waals surface area contributed by atoms with Crippen molar-refractivity contribution in [3.8, 4) is 0 Å². The van der Waals surface area contributed by atoms with Gasteiger partial charge in [0.05, 0.1) is 23.8 Å². The Hall–Kier alpha value is -2.59. The van der Waals surface area contributed by atoms with Gasteiger partial charge in [-0.1, -0.05) is 45.4 Å². The van der Waals surface area contributed by atoms with E-state index < -0.39 is 0 Å². The lowest BCUT2D eigenvalue weighted by Gasteiger charge is -2.33. The highest BCUT2D eigenvalue weighted by molar-refractivity contribution is 5.87. The van der Waals surface area contributed by atoms with Gasteiger partial charge in [0.1, 0.15) is 0 Å². The summed E-state index contributed by atoms with van der Waals surface area (Å²) in [5.41, 5.74) is 8.31. The molecule has 222 valence electrons. The summed E-state index contributed by atoms with van der Waals surface area (Å²) in [5.74, 6) is 3.15. The Morgan fingerprint density at radius 2 is 1.38 bits per heavy atom. The van der Waals surface area contributed by atoms with Crippen molar-refractivity contribution in [2.75, 3.05) is 43.8 Å². The first-order chi connectivity index (χ1) is 19.6. The third kappa shape index (κ3) is 7.78. The minimum Gasteiger partial charge on any atom is -0.369 e. The van der Waals surface area contributed by atoms with Crippen LogP contribution in [0.2, 0.25) is 0 Å². The van der Waals surface area contributed by atoms with E-state index in [1.807, 2.05) is 19.3 Å². The minimum absolute atomic E-state index is 0.162. The van der Waals surface area contributed by atoms with Crippen LogP contribution in [-0.4, -0.2) is 67.7 Å². The SMILES string of the molecule is CCCNC(=O)Nc1ncc2n1CCN(CC1CCCCC1)C2.Nc1ncc2n1CCN(CC1CCCCC1)C2. The number of imidazole rings is 2. The van der Waals surface area contributed by atoms with Crippen LogP contribution in [0.15, 0.2) is 12.4 Å². The summed E-state index contributed by atoms with van der Waals surface area (Å²) in [6, 6.07) is -0.162. The smallest absolute Gasteiger partial charge is 0.321 e. The normalized spacial score (nSPS) is 20.7. The van der Waals surface area contributed by atoms with Gasteiger partial charge in [0.25, 0.3) is 0 Å². The van der Waals surface area contributed by atoms with Gasteiger partial charge in [-0.3, -0.25) is 15.1 Å². The highest BCUT2D eigenvalue weighted by atomic mass is 16.2. The molecule has 10 nitrogen and oxygen atoms in total. The van der Waals surface area contributed by atoms with Gasteiger partial charge in [0.15, 0.2) is 5.95 Å². The van der Waals surface area contributed by atoms with Crippen molar-refractivity contribution in [1.29, 1.82) is 0 Å². The van der Waals surface area contributed by atoms with Crippen molar-refractivity contribution in [3.05, 3.63) is 23.8 Å². The molecule has 0 atom stereocenters. The largest absolute Gasteiger partial charge is 0.369 e. The van der Waals surface area contributed by atoms with Crippen LogP contribution in [-0.2, 0) is 26.2 Å². The third-order valence-corrected chi connectivity index (χ3v) is 9.20. The Bertz CT molecular complexity index is 1070. The van der Waals surface area contributed by atoms with Gasteiger partial charge in [0, 0.05) is 58.9 Å². The Morgan fingerprint density at radius 3 is 1.98 bits per heavy atom. The fourth-order valence-corrected chi connectivity index (χ4v) is 6.96. The van der Waals surface area contributed by atoms with E-state index in [2.05, 4.69) is 39.5 Å². The van der Waals surface area contributed by atoms with Gasteiger partial charge < -0.3 is 20.2 Å². The van der Waals surface area contributed by atoms with Crippen LogP contribution >= 0.6 is 0 Å². The second-order valence-electron chi connectivity index (χ2n) is 12.3. The maximum Gasteiger partial charge on any atom is 0.321 e. The lowest BCUT2D eigenvalue weighted by Crippen LogP contribution is -2.38. The zero-order valence-corrected chi connectivity index (χ0v) is 24.6. The highest BCUT2D eigenvalue weighted by Gasteiger charge is 2.24. The molecule has 2 aliphatic carbocycles. The monoisotopic (exact) mass is 553 g/mol. The topological polar surface area (TPSA) is 109 Å². The maximum atomic E-state index is 11.8. The summed E-state index contributed by atoms with van der Waals surface area (Å²) in [6.45, 7) is 11.3. The quantitative estimate of drug-likeness (QED) is 0.460. The number of hydrogen-bond donors (Lipinski definition) is 3. The number of carbonyl (C=O) groups is 1. The molecule has 4 aliphatic rings. The predicted octanol–water partition coefficient (Wildman–Crippen LogP) is 4.67. The number of nitrogens with two attached hydrogens (primary N) is 1. The number of amides is 2. The van der Waals surface area contributed by atoms with Crippen molar-refractivity contribution in [2.24, 2.45) is 11.8 Å². The molecule has 0 saturated heterocycles. The molecule has 0 unspecified atom stereocenters. The van der Waals surface area contributed by atoms with E-state index in [4.69, 9.17) is 5.73 Å². The lowest BCUT2D eigenvalue weighted by atomic mass is 9.89. The number of fused-ring (bicyclic) bond motifs is 2. The first-order valence-corrected chi connectivity index (χ1v) is 15.9. The summed E-state index contributed by atoms with van der Waals surface area (Å²) >= 11 is 0. The average molecular weight is 554 g/mol. The molecule has 2 aromatic heterocycles. The minimum atomic E-state index is -0.162. The predicted molar refractivity (Wildman–Crippen MR) is 160 cm³/mol. The summed E-state index contributed by atoms with van der Waals surface area (Å²) in [5, 5.41) is 5.69. The number of aromatic nitrogens is 4. The molecule has 2 amide bonds. The molecule has 40 heavy (non-hydrogen) atoms. The van der Waals surface area contributed by atoms with Crippen LogP contribution in [0.1, 0.15) is 88.9 Å². The van der Waals surface area contributed by atoms with Crippen LogP contribution in [0.3, 0.4) is 0 Å². The van der Waals surface area contributed by atoms with Crippen LogP contribution in [0.25, 0.3) is 0 Å². The number of rotatable bonds is 7. The van der Waals surface area contributed by atoms with Gasteiger partial charge in [-0.15, -0.1) is 0 Å². The van der Waals surface area contributed by atoms with E-state index in [0.29, 0.717) is 18.4 Å². The number of anilines is 2. The van der Waals surface area contributed by atoms with Crippen molar-refractivity contribution in [2.45, 2.75) is 104 Å². The fourth-order valence-electron chi connectivity index (χ4n) is 6.96. The molecule has 0 radical (unpaired) electrons. The summed E-state index contributed by atoms with van der Waals surface area (Å²) in [4.78, 5) is 25.5. The van der Waals surface area contributed by atoms with Crippen LogP contribution in [0.4, 0.5) is 16.7 Å². The van der Waals surface area contributed by atoms with Crippen molar-refractivity contribution in [3.63, 3.8) is 0 Å². The van der Waals surface area contributed by atoms with Crippen LogP contribution < -0.4 is 16.4 Å². The van der Waals surface area contributed by atoms with Gasteiger partial charge in [-0.05, 0) is 43.9 Å². The summed E-state index contributed by atoms with van der Waals surface area (Å²) in [7, 11) is 0. The molecule has 2 aromatic rings. The number of nitrogens with one attached hydrogen (secondary N) is 2. The summed E-state index contributed by atoms with van der Waals surface area (Å²) < 4.78 is 4.29. The molecular formula is C30H51N9O. The van der Waals surface area contributed by atoms with Crippen molar-refractivity contribution < 1.29 is 4.79 Å². The Labute approximate surface area is 240 Å². The number of nitrogen functional groups attached to an aromatic ring is 1. The zero-order valence-electron chi connectivity index (χ0n) is 24.6. The standard InChI is InChI=1S/C17H29N5O.C13H22N4/c1-2-8-18-17(23)20-16-19-11-15-13-21(9-10-22(15)16)12-14-6-4-3-5-7-14;14-13-15-8-12-10-16(6-7-17(12)13)9-11-4-2-1-3-5-11/h11,14H,2-10,12-13H2,1H3,(H2,18,19,20,23);8,11H,1-7,9-10H2,(H2,14,15). The molecule has 10 heteroatoms. The van der Waals surface area contributed by atoms with Crippen molar-refractivity contribution >= 4 is 17.9 Å². The van der Waals surface area contributed by atoms with Crippen LogP contribution in [0, 0.1) is 11.8 Å². The van der Waals surface area contributed by atoms with Crippen molar-refractivity contribution in [1.82, 2.24) is 34.2 Å². The molecular weight excluding hydrogens is 502 g/mol. The third-order valence-electron chi connectivity index (χ3n) is 9.20. The number of hydrogen-bond acceptors (Lipinski definition) is 6. The molecule has 0 aromatic carbocycles. The van der Waals surface area contributed by atoms with E-state index in [0.717, 1.165) is 57.5 Å². The van der Waals surface area contributed by atoms with E-state index in [-0.39, 0.29) is 6.03 Å². The van der Waals surface area contributed by atoms with Crippen LogP contribution in [0.5, 0.6) is 0 Å². The van der Waals surface area contributed by atoms with E-state index >= 15 is 0 Å². The second-order valence-corrected chi connectivity index (χ2v) is 12.3. The molecule has 2 fully saturated rings.